The minimum Gasteiger partial charge on any atom is -0.497 e. The number of nitrogens with zero attached hydrogens (tertiary/aromatic N) is 4. The molecule has 0 aliphatic rings. The number of para-hydroxylation sites is 2. The summed E-state index contributed by atoms with van der Waals surface area (Å²) in [7, 11) is 1.62. The molecule has 9 nitrogen and oxygen atoms in total. The van der Waals surface area contributed by atoms with Crippen molar-refractivity contribution in [1.29, 1.82) is 0 Å². The van der Waals surface area contributed by atoms with Crippen LogP contribution in [0.3, 0.4) is 0 Å². The van der Waals surface area contributed by atoms with E-state index in [-0.39, 0.29) is 23.7 Å². The number of ether oxygens (including phenoxy) is 1. The van der Waals surface area contributed by atoms with Crippen molar-refractivity contribution in [2.45, 2.75) is 18.5 Å². The van der Waals surface area contributed by atoms with E-state index in [2.05, 4.69) is 15.5 Å². The molecule has 0 saturated heterocycles. The highest BCUT2D eigenvalue weighted by atomic mass is 32.2. The predicted molar refractivity (Wildman–Crippen MR) is 119 cm³/mol. The number of rotatable bonds is 7. The van der Waals surface area contributed by atoms with Gasteiger partial charge in [0.2, 0.25) is 5.91 Å². The number of hydrogen-bond donors (Lipinski definition) is 1. The molecule has 0 aliphatic heterocycles. The lowest BCUT2D eigenvalue weighted by Crippen LogP contribution is -2.13. The third-order valence-corrected chi connectivity index (χ3v) is 5.74. The minimum absolute atomic E-state index is 0.136. The lowest BCUT2D eigenvalue weighted by atomic mass is 10.1. The van der Waals surface area contributed by atoms with Crippen LogP contribution in [0.25, 0.3) is 16.6 Å². The van der Waals surface area contributed by atoms with Gasteiger partial charge in [0.25, 0.3) is 5.69 Å². The molecule has 0 bridgehead atoms. The molecule has 0 saturated carbocycles. The summed E-state index contributed by atoms with van der Waals surface area (Å²) in [5.74, 6) is 0.859. The smallest absolute Gasteiger partial charge is 0.292 e. The number of aryl methyl sites for hydroxylation is 1. The number of anilines is 1. The van der Waals surface area contributed by atoms with E-state index in [0.29, 0.717) is 16.6 Å². The van der Waals surface area contributed by atoms with Crippen molar-refractivity contribution >= 4 is 45.6 Å². The first kappa shape index (κ1) is 20.6. The number of pyridine rings is 1. The fraction of sp³-hybridized carbons (Fsp3) is 0.190. The van der Waals surface area contributed by atoms with E-state index < -0.39 is 4.92 Å². The second-order valence-corrected chi connectivity index (χ2v) is 7.87. The van der Waals surface area contributed by atoms with Crippen LogP contribution in [0.15, 0.2) is 53.7 Å². The molecule has 2 heterocycles. The summed E-state index contributed by atoms with van der Waals surface area (Å²) in [4.78, 5) is 22.9. The van der Waals surface area contributed by atoms with Crippen LogP contribution in [-0.4, -0.2) is 38.3 Å². The summed E-state index contributed by atoms with van der Waals surface area (Å²) in [5, 5.41) is 24.0. The number of thioether (sulfide) groups is 1. The summed E-state index contributed by atoms with van der Waals surface area (Å²) in [6, 6.07) is 13.9. The van der Waals surface area contributed by atoms with Crippen molar-refractivity contribution in [2.24, 2.45) is 0 Å². The summed E-state index contributed by atoms with van der Waals surface area (Å²) < 4.78 is 7.30. The van der Waals surface area contributed by atoms with Gasteiger partial charge < -0.3 is 10.1 Å². The Morgan fingerprint density at radius 2 is 2.03 bits per heavy atom. The Morgan fingerprint density at radius 1 is 1.23 bits per heavy atom. The zero-order valence-corrected chi connectivity index (χ0v) is 17.7. The summed E-state index contributed by atoms with van der Waals surface area (Å²) in [6.07, 6.45) is 0.165. The minimum atomic E-state index is -0.520. The number of nitro groups is 1. The van der Waals surface area contributed by atoms with Gasteiger partial charge in [0.15, 0.2) is 10.8 Å². The Morgan fingerprint density at radius 3 is 2.81 bits per heavy atom. The van der Waals surface area contributed by atoms with Gasteiger partial charge in [-0.15, -0.1) is 10.2 Å². The molecule has 4 aromatic rings. The van der Waals surface area contributed by atoms with Crippen LogP contribution in [0, 0.1) is 17.0 Å². The standard InChI is InChI=1S/C21H19N5O4S/c1-13-11-19-23-24-21(25(19)18-12-14(30-2)7-8-15(13)18)31-10-9-20(27)22-16-5-3-4-6-17(16)26(28)29/h3-8,11-12H,9-10H2,1-2H3,(H,22,27). The summed E-state index contributed by atoms with van der Waals surface area (Å²) in [6.45, 7) is 2.02. The Bertz CT molecular complexity index is 1300. The highest BCUT2D eigenvalue weighted by molar-refractivity contribution is 7.99. The van der Waals surface area contributed by atoms with Gasteiger partial charge in [0.1, 0.15) is 11.4 Å². The number of nitro benzene ring substituents is 1. The molecule has 10 heteroatoms. The van der Waals surface area contributed by atoms with Gasteiger partial charge in [-0.25, -0.2) is 0 Å². The quantitative estimate of drug-likeness (QED) is 0.262. The first-order valence-electron chi connectivity index (χ1n) is 9.46. The molecular formula is C21H19N5O4S. The molecule has 0 radical (unpaired) electrons. The molecule has 2 aromatic carbocycles. The van der Waals surface area contributed by atoms with Crippen molar-refractivity contribution in [3.63, 3.8) is 0 Å². The fourth-order valence-electron chi connectivity index (χ4n) is 3.31. The van der Waals surface area contributed by atoms with Crippen molar-refractivity contribution < 1.29 is 14.5 Å². The van der Waals surface area contributed by atoms with Crippen LogP contribution in [0.4, 0.5) is 11.4 Å². The third kappa shape index (κ3) is 4.15. The molecule has 0 fully saturated rings. The average Bonchev–Trinajstić information content (AvgIpc) is 3.16. The molecule has 0 aliphatic carbocycles. The van der Waals surface area contributed by atoms with Gasteiger partial charge in [-0.3, -0.25) is 19.3 Å². The second kappa shape index (κ2) is 8.60. The topological polar surface area (TPSA) is 112 Å². The number of fused-ring (bicyclic) bond motifs is 3. The van der Waals surface area contributed by atoms with Gasteiger partial charge in [0.05, 0.1) is 17.5 Å². The van der Waals surface area contributed by atoms with E-state index in [1.165, 1.54) is 23.9 Å². The third-order valence-electron chi connectivity index (χ3n) is 4.81. The largest absolute Gasteiger partial charge is 0.497 e. The monoisotopic (exact) mass is 437 g/mol. The first-order chi connectivity index (χ1) is 15.0. The Labute approximate surface area is 181 Å². The van der Waals surface area contributed by atoms with Crippen molar-refractivity contribution in [3.05, 3.63) is 64.2 Å². The fourth-order valence-corrected chi connectivity index (χ4v) is 4.20. The number of aromatic nitrogens is 3. The molecule has 4 rings (SSSR count). The number of amides is 1. The zero-order chi connectivity index (χ0) is 22.0. The molecule has 31 heavy (non-hydrogen) atoms. The molecule has 0 atom stereocenters. The van der Waals surface area contributed by atoms with Crippen molar-refractivity contribution in [2.75, 3.05) is 18.2 Å². The van der Waals surface area contributed by atoms with Crippen LogP contribution < -0.4 is 10.1 Å². The van der Waals surface area contributed by atoms with Gasteiger partial charge in [0, 0.05) is 29.7 Å². The maximum Gasteiger partial charge on any atom is 0.292 e. The van der Waals surface area contributed by atoms with Crippen LogP contribution in [0.1, 0.15) is 12.0 Å². The molecule has 158 valence electrons. The zero-order valence-electron chi connectivity index (χ0n) is 16.9. The second-order valence-electron chi connectivity index (χ2n) is 6.81. The number of methoxy groups -OCH3 is 1. The summed E-state index contributed by atoms with van der Waals surface area (Å²) in [5.41, 5.74) is 2.76. The van der Waals surface area contributed by atoms with Crippen molar-refractivity contribution in [3.8, 4) is 5.75 Å². The van der Waals surface area contributed by atoms with E-state index in [4.69, 9.17) is 4.74 Å². The van der Waals surface area contributed by atoms with Gasteiger partial charge >= 0.3 is 0 Å². The molecule has 1 amide bonds. The maximum atomic E-state index is 12.3. The van der Waals surface area contributed by atoms with E-state index in [9.17, 15) is 14.9 Å². The summed E-state index contributed by atoms with van der Waals surface area (Å²) >= 11 is 1.39. The molecule has 0 spiro atoms. The molecular weight excluding hydrogens is 418 g/mol. The predicted octanol–water partition coefficient (Wildman–Crippen LogP) is 4.23. The number of carbonyl (C=O) groups is 1. The van der Waals surface area contributed by atoms with E-state index in [1.807, 2.05) is 35.6 Å². The van der Waals surface area contributed by atoms with E-state index >= 15 is 0 Å². The molecule has 2 aromatic heterocycles. The van der Waals surface area contributed by atoms with Crippen LogP contribution in [0.2, 0.25) is 0 Å². The molecule has 1 N–H and O–H groups in total. The number of nitrogens with one attached hydrogen (secondary N) is 1. The van der Waals surface area contributed by atoms with Crippen LogP contribution in [0.5, 0.6) is 5.75 Å². The number of hydrogen-bond acceptors (Lipinski definition) is 7. The Hall–Kier alpha value is -3.66. The Balaban J connectivity index is 1.52. The molecule has 0 unspecified atom stereocenters. The van der Waals surface area contributed by atoms with Gasteiger partial charge in [-0.1, -0.05) is 23.9 Å². The van der Waals surface area contributed by atoms with Gasteiger partial charge in [-0.2, -0.15) is 0 Å². The SMILES string of the molecule is COc1ccc2c(C)cc3nnc(SCCC(=O)Nc4ccccc4[N+](=O)[O-])n3c2c1. The highest BCUT2D eigenvalue weighted by Crippen LogP contribution is 2.29. The highest BCUT2D eigenvalue weighted by Gasteiger charge is 2.16. The Kier molecular flexibility index (Phi) is 5.72. The normalized spacial score (nSPS) is 11.0. The van der Waals surface area contributed by atoms with Crippen LogP contribution in [-0.2, 0) is 4.79 Å². The van der Waals surface area contributed by atoms with E-state index in [0.717, 1.165) is 22.2 Å². The number of benzene rings is 2. The van der Waals surface area contributed by atoms with Crippen molar-refractivity contribution in [1.82, 2.24) is 14.6 Å². The first-order valence-corrected chi connectivity index (χ1v) is 10.4. The number of carbonyl (C=O) groups excluding carboxylic acids is 1. The van der Waals surface area contributed by atoms with Gasteiger partial charge in [-0.05, 0) is 36.8 Å². The van der Waals surface area contributed by atoms with Crippen LogP contribution >= 0.6 is 11.8 Å². The maximum absolute atomic E-state index is 12.3. The average molecular weight is 437 g/mol. The lowest BCUT2D eigenvalue weighted by molar-refractivity contribution is -0.383. The lowest BCUT2D eigenvalue weighted by Gasteiger charge is -2.09. The van der Waals surface area contributed by atoms with E-state index in [1.54, 1.807) is 19.2 Å².